The quantitative estimate of drug-likeness (QED) is 0.814. The monoisotopic (exact) mass is 352 g/mol. The van der Waals surface area contributed by atoms with Crippen molar-refractivity contribution in [2.45, 2.75) is 64.1 Å². The lowest BCUT2D eigenvalue weighted by molar-refractivity contribution is -0.134. The number of hydrogen-bond donors (Lipinski definition) is 2. The standard InChI is InChI=1S/C21H28N4O/c26-21-12-11-17(15-25(21)14-16-7-3-1-4-8-16)22-13-20-18-9-5-2-6-10-19(18)23-24-20/h1,3-4,7-8,17,22H,2,5-6,9-15H2,(H,23,24). The normalized spacial score (nSPS) is 20.7. The molecule has 0 spiro atoms. The third-order valence-electron chi connectivity index (χ3n) is 5.67. The van der Waals surface area contributed by atoms with E-state index in [-0.39, 0.29) is 5.91 Å². The van der Waals surface area contributed by atoms with Gasteiger partial charge in [-0.15, -0.1) is 0 Å². The summed E-state index contributed by atoms with van der Waals surface area (Å²) >= 11 is 0. The van der Waals surface area contributed by atoms with E-state index < -0.39 is 0 Å². The van der Waals surface area contributed by atoms with Gasteiger partial charge in [0, 0.05) is 37.8 Å². The predicted octanol–water partition coefficient (Wildman–Crippen LogP) is 2.96. The second-order valence-corrected chi connectivity index (χ2v) is 7.56. The Kier molecular flexibility index (Phi) is 5.34. The molecule has 1 aromatic carbocycles. The van der Waals surface area contributed by atoms with Gasteiger partial charge in [-0.05, 0) is 43.2 Å². The molecule has 5 nitrogen and oxygen atoms in total. The summed E-state index contributed by atoms with van der Waals surface area (Å²) in [6.07, 6.45) is 7.66. The number of aryl methyl sites for hydroxylation is 1. The number of carbonyl (C=O) groups excluding carboxylic acids is 1. The van der Waals surface area contributed by atoms with Gasteiger partial charge in [-0.3, -0.25) is 9.89 Å². The number of piperidine rings is 1. The van der Waals surface area contributed by atoms with Gasteiger partial charge in [-0.25, -0.2) is 0 Å². The van der Waals surface area contributed by atoms with Crippen LogP contribution in [0.25, 0.3) is 0 Å². The Hall–Kier alpha value is -2.14. The largest absolute Gasteiger partial charge is 0.337 e. The maximum atomic E-state index is 12.3. The van der Waals surface area contributed by atoms with E-state index in [1.54, 1.807) is 0 Å². The van der Waals surface area contributed by atoms with Crippen molar-refractivity contribution in [1.29, 1.82) is 0 Å². The van der Waals surface area contributed by atoms with E-state index in [2.05, 4.69) is 27.6 Å². The zero-order valence-corrected chi connectivity index (χ0v) is 15.3. The van der Waals surface area contributed by atoms with Crippen LogP contribution >= 0.6 is 0 Å². The Bertz CT molecular complexity index is 740. The molecule has 2 N–H and O–H groups in total. The highest BCUT2D eigenvalue weighted by Crippen LogP contribution is 2.22. The first kappa shape index (κ1) is 17.3. The van der Waals surface area contributed by atoms with Crippen LogP contribution in [-0.2, 0) is 30.7 Å². The maximum Gasteiger partial charge on any atom is 0.222 e. The van der Waals surface area contributed by atoms with Gasteiger partial charge in [0.15, 0.2) is 0 Å². The molecule has 1 aromatic heterocycles. The number of H-pyrrole nitrogens is 1. The average molecular weight is 352 g/mol. The molecule has 138 valence electrons. The Balaban J connectivity index is 1.35. The van der Waals surface area contributed by atoms with Gasteiger partial charge in [-0.2, -0.15) is 5.10 Å². The molecule has 0 radical (unpaired) electrons. The zero-order valence-electron chi connectivity index (χ0n) is 15.3. The summed E-state index contributed by atoms with van der Waals surface area (Å²) in [7, 11) is 0. The fourth-order valence-corrected chi connectivity index (χ4v) is 4.15. The second-order valence-electron chi connectivity index (χ2n) is 7.56. The van der Waals surface area contributed by atoms with Crippen LogP contribution in [0.15, 0.2) is 30.3 Å². The van der Waals surface area contributed by atoms with Crippen molar-refractivity contribution in [3.05, 3.63) is 52.8 Å². The number of carbonyl (C=O) groups is 1. The van der Waals surface area contributed by atoms with E-state index in [9.17, 15) is 4.79 Å². The molecule has 1 fully saturated rings. The summed E-state index contributed by atoms with van der Waals surface area (Å²) in [4.78, 5) is 14.3. The number of nitrogens with zero attached hydrogens (tertiary/aromatic N) is 2. The number of amides is 1. The minimum atomic E-state index is 0.264. The first-order chi connectivity index (χ1) is 12.8. The Morgan fingerprint density at radius 3 is 2.85 bits per heavy atom. The number of nitrogens with one attached hydrogen (secondary N) is 2. The summed E-state index contributed by atoms with van der Waals surface area (Å²) in [6.45, 7) is 2.28. The van der Waals surface area contributed by atoms with Crippen LogP contribution in [0, 0.1) is 0 Å². The first-order valence-corrected chi connectivity index (χ1v) is 9.89. The number of hydrogen-bond acceptors (Lipinski definition) is 3. The van der Waals surface area contributed by atoms with Crippen molar-refractivity contribution < 1.29 is 4.79 Å². The van der Waals surface area contributed by atoms with E-state index in [0.29, 0.717) is 19.0 Å². The predicted molar refractivity (Wildman–Crippen MR) is 102 cm³/mol. The third kappa shape index (κ3) is 3.98. The van der Waals surface area contributed by atoms with Crippen LogP contribution in [-0.4, -0.2) is 33.6 Å². The third-order valence-corrected chi connectivity index (χ3v) is 5.67. The minimum absolute atomic E-state index is 0.264. The summed E-state index contributed by atoms with van der Waals surface area (Å²) in [6, 6.07) is 10.6. The van der Waals surface area contributed by atoms with Gasteiger partial charge < -0.3 is 10.2 Å². The molecule has 1 amide bonds. The molecule has 2 aromatic rings. The van der Waals surface area contributed by atoms with Gasteiger partial charge in [0.1, 0.15) is 0 Å². The van der Waals surface area contributed by atoms with Gasteiger partial charge in [0.2, 0.25) is 5.91 Å². The summed E-state index contributed by atoms with van der Waals surface area (Å²) in [5.74, 6) is 0.264. The number of benzene rings is 1. The van der Waals surface area contributed by atoms with Crippen LogP contribution in [0.3, 0.4) is 0 Å². The van der Waals surface area contributed by atoms with Gasteiger partial charge in [-0.1, -0.05) is 36.8 Å². The maximum absolute atomic E-state index is 12.3. The lowest BCUT2D eigenvalue weighted by atomic mass is 10.0. The van der Waals surface area contributed by atoms with E-state index in [0.717, 1.165) is 32.4 Å². The van der Waals surface area contributed by atoms with E-state index >= 15 is 0 Å². The molecular weight excluding hydrogens is 324 g/mol. The lowest BCUT2D eigenvalue weighted by Crippen LogP contribution is -2.47. The Morgan fingerprint density at radius 2 is 1.96 bits per heavy atom. The van der Waals surface area contributed by atoms with Gasteiger partial charge >= 0.3 is 0 Å². The van der Waals surface area contributed by atoms with Crippen LogP contribution < -0.4 is 5.32 Å². The van der Waals surface area contributed by atoms with E-state index in [1.807, 2.05) is 23.1 Å². The number of fused-ring (bicyclic) bond motifs is 1. The Morgan fingerprint density at radius 1 is 1.12 bits per heavy atom. The molecule has 1 saturated heterocycles. The van der Waals surface area contributed by atoms with Crippen LogP contribution in [0.1, 0.15) is 54.6 Å². The highest BCUT2D eigenvalue weighted by atomic mass is 16.2. The van der Waals surface area contributed by atoms with Crippen molar-refractivity contribution in [3.63, 3.8) is 0 Å². The molecule has 2 aliphatic rings. The molecule has 1 atom stereocenters. The second kappa shape index (κ2) is 8.04. The number of aromatic amines is 1. The molecule has 0 saturated carbocycles. The van der Waals surface area contributed by atoms with Crippen LogP contribution in [0.4, 0.5) is 0 Å². The number of likely N-dealkylation sites (tertiary alicyclic amines) is 1. The first-order valence-electron chi connectivity index (χ1n) is 9.89. The topological polar surface area (TPSA) is 61.0 Å². The van der Waals surface area contributed by atoms with Crippen LogP contribution in [0.2, 0.25) is 0 Å². The van der Waals surface area contributed by atoms with Crippen molar-refractivity contribution in [2.75, 3.05) is 6.54 Å². The SMILES string of the molecule is O=C1CCC(NCc2n[nH]c3c2CCCCC3)CN1Cc1ccccc1. The summed E-state index contributed by atoms with van der Waals surface area (Å²) in [5, 5.41) is 11.5. The van der Waals surface area contributed by atoms with Crippen molar-refractivity contribution in [2.24, 2.45) is 0 Å². The molecule has 1 unspecified atom stereocenters. The average Bonchev–Trinajstić information content (AvgIpc) is 2.89. The molecule has 26 heavy (non-hydrogen) atoms. The highest BCUT2D eigenvalue weighted by molar-refractivity contribution is 5.77. The van der Waals surface area contributed by atoms with E-state index in [4.69, 9.17) is 0 Å². The van der Waals surface area contributed by atoms with Crippen LogP contribution in [0.5, 0.6) is 0 Å². The summed E-state index contributed by atoms with van der Waals surface area (Å²) < 4.78 is 0. The molecule has 0 bridgehead atoms. The summed E-state index contributed by atoms with van der Waals surface area (Å²) in [5.41, 5.74) is 5.14. The van der Waals surface area contributed by atoms with Gasteiger partial charge in [0.25, 0.3) is 0 Å². The molecular formula is C21H28N4O. The minimum Gasteiger partial charge on any atom is -0.337 e. The smallest absolute Gasteiger partial charge is 0.222 e. The molecule has 1 aliphatic carbocycles. The molecule has 2 heterocycles. The fraction of sp³-hybridized carbons (Fsp3) is 0.524. The van der Waals surface area contributed by atoms with Crippen molar-refractivity contribution in [1.82, 2.24) is 20.4 Å². The lowest BCUT2D eigenvalue weighted by Gasteiger charge is -2.33. The zero-order chi connectivity index (χ0) is 17.8. The van der Waals surface area contributed by atoms with Crippen molar-refractivity contribution >= 4 is 5.91 Å². The molecule has 4 rings (SSSR count). The van der Waals surface area contributed by atoms with E-state index in [1.165, 1.54) is 41.8 Å². The Labute approximate surface area is 155 Å². The highest BCUT2D eigenvalue weighted by Gasteiger charge is 2.26. The fourth-order valence-electron chi connectivity index (χ4n) is 4.15. The number of rotatable bonds is 5. The van der Waals surface area contributed by atoms with Crippen molar-refractivity contribution in [3.8, 4) is 0 Å². The molecule has 5 heteroatoms. The molecule has 1 aliphatic heterocycles. The number of aromatic nitrogens is 2. The van der Waals surface area contributed by atoms with Gasteiger partial charge in [0.05, 0.1) is 5.69 Å².